The molecular weight excluding hydrogens is 265 g/mol. The topological polar surface area (TPSA) is 21.3 Å². The van der Waals surface area contributed by atoms with Crippen LogP contribution in [0.15, 0.2) is 42.5 Å². The molecule has 2 atom stereocenters. The van der Waals surface area contributed by atoms with Crippen molar-refractivity contribution in [2.45, 2.75) is 25.3 Å². The summed E-state index contributed by atoms with van der Waals surface area (Å²) in [7, 11) is 1.93. The molecule has 0 saturated heterocycles. The van der Waals surface area contributed by atoms with Crippen molar-refractivity contribution in [3.8, 4) is 5.75 Å². The zero-order valence-electron chi connectivity index (χ0n) is 12.4. The van der Waals surface area contributed by atoms with E-state index in [2.05, 4.69) is 17.4 Å². The molecule has 2 unspecified atom stereocenters. The van der Waals surface area contributed by atoms with E-state index in [1.54, 1.807) is 12.1 Å². The first-order valence-corrected chi connectivity index (χ1v) is 7.35. The van der Waals surface area contributed by atoms with Gasteiger partial charge in [-0.3, -0.25) is 0 Å². The maximum Gasteiger partial charge on any atom is 0.123 e. The van der Waals surface area contributed by atoms with Crippen molar-refractivity contribution in [1.29, 1.82) is 0 Å². The molecule has 21 heavy (non-hydrogen) atoms. The number of likely N-dealkylation sites (N-methyl/N-ethyl adjacent to an activating group) is 1. The lowest BCUT2D eigenvalue weighted by Gasteiger charge is -2.32. The number of ether oxygens (including phenoxy) is 1. The fourth-order valence-corrected chi connectivity index (χ4v) is 3.26. The van der Waals surface area contributed by atoms with Gasteiger partial charge in [0, 0.05) is 12.0 Å². The Bertz CT molecular complexity index is 621. The molecule has 0 aliphatic carbocycles. The maximum absolute atomic E-state index is 13.7. The van der Waals surface area contributed by atoms with Crippen molar-refractivity contribution in [3.05, 3.63) is 65.0 Å². The van der Waals surface area contributed by atoms with E-state index in [1.807, 2.05) is 32.2 Å². The Hall–Kier alpha value is -1.87. The maximum atomic E-state index is 13.7. The Morgan fingerprint density at radius 2 is 2.05 bits per heavy atom. The van der Waals surface area contributed by atoms with Gasteiger partial charge >= 0.3 is 0 Å². The largest absolute Gasteiger partial charge is 0.493 e. The molecule has 110 valence electrons. The molecule has 0 amide bonds. The van der Waals surface area contributed by atoms with Gasteiger partial charge in [0.25, 0.3) is 0 Å². The third kappa shape index (κ3) is 2.79. The number of para-hydroxylation sites is 1. The fraction of sp³-hybridized carbons (Fsp3) is 0.333. The summed E-state index contributed by atoms with van der Waals surface area (Å²) in [4.78, 5) is 0. The number of nitrogens with one attached hydrogen (secondary N) is 1. The number of aryl methyl sites for hydroxylation is 1. The molecule has 0 aromatic heterocycles. The quantitative estimate of drug-likeness (QED) is 0.921. The van der Waals surface area contributed by atoms with Crippen LogP contribution in [0.5, 0.6) is 5.75 Å². The van der Waals surface area contributed by atoms with Crippen LogP contribution in [0.2, 0.25) is 0 Å². The highest BCUT2D eigenvalue weighted by atomic mass is 19.1. The summed E-state index contributed by atoms with van der Waals surface area (Å²) >= 11 is 0. The summed E-state index contributed by atoms with van der Waals surface area (Å²) in [5, 5.41) is 3.36. The summed E-state index contributed by atoms with van der Waals surface area (Å²) in [6, 6.07) is 13.5. The zero-order valence-corrected chi connectivity index (χ0v) is 12.4. The normalized spacial score (nSPS) is 18.7. The van der Waals surface area contributed by atoms with Crippen LogP contribution >= 0.6 is 0 Å². The van der Waals surface area contributed by atoms with Gasteiger partial charge < -0.3 is 10.1 Å². The molecule has 2 nitrogen and oxygen atoms in total. The third-order valence-corrected chi connectivity index (χ3v) is 4.14. The number of fused-ring (bicyclic) bond motifs is 1. The molecule has 1 N–H and O–H groups in total. The second-order valence-electron chi connectivity index (χ2n) is 5.61. The van der Waals surface area contributed by atoms with Crippen molar-refractivity contribution in [3.63, 3.8) is 0 Å². The van der Waals surface area contributed by atoms with Gasteiger partial charge in [0.2, 0.25) is 0 Å². The molecule has 3 heteroatoms. The molecule has 1 aliphatic rings. The predicted octanol–water partition coefficient (Wildman–Crippen LogP) is 3.96. The van der Waals surface area contributed by atoms with Crippen molar-refractivity contribution in [1.82, 2.24) is 5.32 Å². The summed E-state index contributed by atoms with van der Waals surface area (Å²) in [6.07, 6.45) is 0.929. The zero-order chi connectivity index (χ0) is 14.8. The van der Waals surface area contributed by atoms with E-state index < -0.39 is 0 Å². The Balaban J connectivity index is 2.01. The molecule has 0 fully saturated rings. The Labute approximate surface area is 125 Å². The monoisotopic (exact) mass is 285 g/mol. The lowest BCUT2D eigenvalue weighted by atomic mass is 9.83. The van der Waals surface area contributed by atoms with Gasteiger partial charge in [-0.15, -0.1) is 0 Å². The Morgan fingerprint density at radius 1 is 1.24 bits per heavy atom. The highest BCUT2D eigenvalue weighted by molar-refractivity contribution is 5.40. The van der Waals surface area contributed by atoms with Crippen LogP contribution in [-0.4, -0.2) is 13.7 Å². The number of rotatable bonds is 3. The second-order valence-corrected chi connectivity index (χ2v) is 5.61. The van der Waals surface area contributed by atoms with Crippen LogP contribution in [-0.2, 0) is 0 Å². The molecule has 2 aromatic carbocycles. The van der Waals surface area contributed by atoms with Crippen LogP contribution in [0.3, 0.4) is 0 Å². The lowest BCUT2D eigenvalue weighted by molar-refractivity contribution is 0.248. The summed E-state index contributed by atoms with van der Waals surface area (Å²) in [6.45, 7) is 2.63. The van der Waals surface area contributed by atoms with Gasteiger partial charge in [-0.1, -0.05) is 24.3 Å². The predicted molar refractivity (Wildman–Crippen MR) is 82.2 cm³/mol. The van der Waals surface area contributed by atoms with Crippen molar-refractivity contribution in [2.75, 3.05) is 13.7 Å². The number of hydrogen-bond acceptors (Lipinski definition) is 2. The van der Waals surface area contributed by atoms with Gasteiger partial charge in [0.1, 0.15) is 11.6 Å². The van der Waals surface area contributed by atoms with E-state index >= 15 is 0 Å². The molecule has 0 saturated carbocycles. The first-order chi connectivity index (χ1) is 10.2. The fourth-order valence-electron chi connectivity index (χ4n) is 3.26. The van der Waals surface area contributed by atoms with Crippen LogP contribution in [0.4, 0.5) is 4.39 Å². The number of halogens is 1. The summed E-state index contributed by atoms with van der Waals surface area (Å²) in [5.74, 6) is 1.06. The SMILES string of the molecule is CNC(c1cc(C)cc(F)c1)C1CCOc2ccccc21. The summed E-state index contributed by atoms with van der Waals surface area (Å²) in [5.41, 5.74) is 3.15. The van der Waals surface area contributed by atoms with E-state index in [9.17, 15) is 4.39 Å². The van der Waals surface area contributed by atoms with Gasteiger partial charge in [-0.2, -0.15) is 0 Å². The van der Waals surface area contributed by atoms with Gasteiger partial charge in [-0.25, -0.2) is 4.39 Å². The smallest absolute Gasteiger partial charge is 0.123 e. The van der Waals surface area contributed by atoms with Crippen LogP contribution in [0.25, 0.3) is 0 Å². The molecular formula is C18H20FNO. The first kappa shape index (κ1) is 14.1. The Morgan fingerprint density at radius 3 is 2.81 bits per heavy atom. The minimum atomic E-state index is -0.175. The van der Waals surface area contributed by atoms with E-state index in [0.29, 0.717) is 12.5 Å². The lowest BCUT2D eigenvalue weighted by Crippen LogP contribution is -2.28. The first-order valence-electron chi connectivity index (χ1n) is 7.35. The molecule has 0 radical (unpaired) electrons. The highest BCUT2D eigenvalue weighted by Crippen LogP contribution is 2.41. The Kier molecular flexibility index (Phi) is 3.93. The standard InChI is InChI=1S/C18H20FNO/c1-12-9-13(11-14(19)10-12)18(20-2)16-7-8-21-17-6-4-3-5-15(16)17/h3-6,9-11,16,18,20H,7-8H2,1-2H3. The number of hydrogen-bond donors (Lipinski definition) is 1. The molecule has 0 bridgehead atoms. The van der Waals surface area contributed by atoms with E-state index in [4.69, 9.17) is 4.74 Å². The minimum absolute atomic E-state index is 0.0875. The van der Waals surface area contributed by atoms with Gasteiger partial charge in [0.05, 0.1) is 6.61 Å². The highest BCUT2D eigenvalue weighted by Gasteiger charge is 2.29. The van der Waals surface area contributed by atoms with Gasteiger partial charge in [0.15, 0.2) is 0 Å². The van der Waals surface area contributed by atoms with E-state index in [-0.39, 0.29) is 11.9 Å². The molecule has 2 aromatic rings. The van der Waals surface area contributed by atoms with E-state index in [1.165, 1.54) is 5.56 Å². The average molecular weight is 285 g/mol. The van der Waals surface area contributed by atoms with E-state index in [0.717, 1.165) is 23.3 Å². The van der Waals surface area contributed by atoms with Crippen LogP contribution in [0.1, 0.15) is 35.1 Å². The van der Waals surface area contributed by atoms with Crippen LogP contribution < -0.4 is 10.1 Å². The summed E-state index contributed by atoms with van der Waals surface area (Å²) < 4.78 is 19.5. The average Bonchev–Trinajstić information content (AvgIpc) is 2.47. The van der Waals surface area contributed by atoms with Crippen molar-refractivity contribution < 1.29 is 9.13 Å². The molecule has 1 aliphatic heterocycles. The minimum Gasteiger partial charge on any atom is -0.493 e. The van der Waals surface area contributed by atoms with Crippen LogP contribution in [0, 0.1) is 12.7 Å². The molecule has 1 heterocycles. The molecule has 3 rings (SSSR count). The van der Waals surface area contributed by atoms with Crippen molar-refractivity contribution in [2.24, 2.45) is 0 Å². The molecule has 0 spiro atoms. The second kappa shape index (κ2) is 5.86. The number of benzene rings is 2. The third-order valence-electron chi connectivity index (χ3n) is 4.14. The van der Waals surface area contributed by atoms with Crippen molar-refractivity contribution >= 4 is 0 Å². The van der Waals surface area contributed by atoms with Gasteiger partial charge in [-0.05, 0) is 55.3 Å².